The molecule has 0 aliphatic heterocycles. The second-order valence-electron chi connectivity index (χ2n) is 6.80. The van der Waals surface area contributed by atoms with Gasteiger partial charge in [0.2, 0.25) is 0 Å². The average molecular weight is 370 g/mol. The zero-order chi connectivity index (χ0) is 12.3. The maximum absolute atomic E-state index is 3.82. The third kappa shape index (κ3) is 1.67. The van der Waals surface area contributed by atoms with E-state index >= 15 is 0 Å². The molecule has 1 aromatic carbocycles. The second-order valence-corrected chi connectivity index (χ2v) is 8.45. The number of halogens is 2. The highest BCUT2D eigenvalue weighted by Crippen LogP contribution is 2.61. The highest BCUT2D eigenvalue weighted by Gasteiger charge is 2.52. The van der Waals surface area contributed by atoms with E-state index in [0.717, 1.165) is 17.8 Å². The SMILES string of the molecule is Brc1cccc(C23CC4CC(CC(C4)C2)C3)c1Br. The van der Waals surface area contributed by atoms with Crippen LogP contribution in [0.5, 0.6) is 0 Å². The maximum atomic E-state index is 3.82. The molecular formula is C16H18Br2. The largest absolute Gasteiger partial charge is 0.0608 e. The molecule has 96 valence electrons. The fourth-order valence-corrected chi connectivity index (χ4v) is 6.40. The van der Waals surface area contributed by atoms with Gasteiger partial charge in [-0.15, -0.1) is 0 Å². The molecule has 5 rings (SSSR count). The van der Waals surface area contributed by atoms with Crippen LogP contribution in [0.1, 0.15) is 44.1 Å². The summed E-state index contributed by atoms with van der Waals surface area (Å²) in [4.78, 5) is 0. The molecule has 0 heterocycles. The Morgan fingerprint density at radius 3 is 2.00 bits per heavy atom. The van der Waals surface area contributed by atoms with Crippen molar-refractivity contribution in [3.8, 4) is 0 Å². The first kappa shape index (κ1) is 12.0. The smallest absolute Gasteiger partial charge is 0.0355 e. The fourth-order valence-electron chi connectivity index (χ4n) is 5.35. The lowest BCUT2D eigenvalue weighted by atomic mass is 9.48. The lowest BCUT2D eigenvalue weighted by molar-refractivity contribution is -0.00554. The van der Waals surface area contributed by atoms with Crippen LogP contribution in [-0.2, 0) is 5.41 Å². The first-order chi connectivity index (χ1) is 8.66. The molecule has 0 N–H and O–H groups in total. The molecule has 0 aromatic heterocycles. The molecule has 0 amide bonds. The normalized spacial score (nSPS) is 41.3. The summed E-state index contributed by atoms with van der Waals surface area (Å²) in [5.41, 5.74) is 2.08. The number of rotatable bonds is 1. The predicted octanol–water partition coefficient (Wildman–Crippen LogP) is 5.68. The Balaban J connectivity index is 1.81. The lowest BCUT2D eigenvalue weighted by Crippen LogP contribution is -2.48. The maximum Gasteiger partial charge on any atom is 0.0355 e. The van der Waals surface area contributed by atoms with E-state index in [1.165, 1.54) is 47.5 Å². The van der Waals surface area contributed by atoms with Crippen LogP contribution in [-0.4, -0.2) is 0 Å². The lowest BCUT2D eigenvalue weighted by Gasteiger charge is -2.57. The second kappa shape index (κ2) is 4.09. The van der Waals surface area contributed by atoms with Crippen LogP contribution in [0, 0.1) is 17.8 Å². The van der Waals surface area contributed by atoms with Gasteiger partial charge in [-0.3, -0.25) is 0 Å². The molecule has 0 radical (unpaired) electrons. The van der Waals surface area contributed by atoms with Crippen LogP contribution in [0.4, 0.5) is 0 Å². The summed E-state index contributed by atoms with van der Waals surface area (Å²) in [7, 11) is 0. The minimum Gasteiger partial charge on any atom is -0.0608 e. The highest BCUT2D eigenvalue weighted by molar-refractivity contribution is 9.13. The van der Waals surface area contributed by atoms with Gasteiger partial charge in [0, 0.05) is 8.95 Å². The Morgan fingerprint density at radius 1 is 0.889 bits per heavy atom. The van der Waals surface area contributed by atoms with Gasteiger partial charge >= 0.3 is 0 Å². The summed E-state index contributed by atoms with van der Waals surface area (Å²) in [6, 6.07) is 6.72. The molecule has 4 fully saturated rings. The first-order valence-corrected chi connectivity index (χ1v) is 8.69. The molecular weight excluding hydrogens is 352 g/mol. The standard InChI is InChI=1S/C16H18Br2/c17-14-3-1-2-13(15(14)18)16-7-10-4-11(8-16)6-12(5-10)9-16/h1-3,10-12H,4-9H2. The Bertz CT molecular complexity index is 457. The van der Waals surface area contributed by atoms with Gasteiger partial charge in [-0.25, -0.2) is 0 Å². The van der Waals surface area contributed by atoms with E-state index in [0.29, 0.717) is 5.41 Å². The molecule has 0 unspecified atom stereocenters. The highest BCUT2D eigenvalue weighted by atomic mass is 79.9. The van der Waals surface area contributed by atoms with Crippen molar-refractivity contribution < 1.29 is 0 Å². The molecule has 0 atom stereocenters. The summed E-state index contributed by atoms with van der Waals surface area (Å²) >= 11 is 7.50. The van der Waals surface area contributed by atoms with Gasteiger partial charge in [0.25, 0.3) is 0 Å². The van der Waals surface area contributed by atoms with Crippen molar-refractivity contribution in [2.75, 3.05) is 0 Å². The van der Waals surface area contributed by atoms with Crippen molar-refractivity contribution in [3.63, 3.8) is 0 Å². The Hall–Kier alpha value is 0.180. The summed E-state index contributed by atoms with van der Waals surface area (Å²) in [5, 5.41) is 0. The molecule has 4 saturated carbocycles. The Morgan fingerprint density at radius 2 is 1.44 bits per heavy atom. The van der Waals surface area contributed by atoms with Crippen molar-refractivity contribution in [3.05, 3.63) is 32.7 Å². The van der Waals surface area contributed by atoms with E-state index in [4.69, 9.17) is 0 Å². The van der Waals surface area contributed by atoms with Crippen LogP contribution < -0.4 is 0 Å². The number of hydrogen-bond donors (Lipinski definition) is 0. The Labute approximate surface area is 126 Å². The zero-order valence-electron chi connectivity index (χ0n) is 10.5. The van der Waals surface area contributed by atoms with Crippen molar-refractivity contribution >= 4 is 31.9 Å². The van der Waals surface area contributed by atoms with E-state index in [1.807, 2.05) is 0 Å². The van der Waals surface area contributed by atoms with Gasteiger partial charge < -0.3 is 0 Å². The topological polar surface area (TPSA) is 0 Å². The molecule has 4 aliphatic rings. The predicted molar refractivity (Wildman–Crippen MR) is 81.7 cm³/mol. The van der Waals surface area contributed by atoms with Crippen molar-refractivity contribution in [1.29, 1.82) is 0 Å². The number of hydrogen-bond acceptors (Lipinski definition) is 0. The van der Waals surface area contributed by atoms with Crippen LogP contribution in [0.3, 0.4) is 0 Å². The van der Waals surface area contributed by atoms with Crippen molar-refractivity contribution in [2.45, 2.75) is 43.9 Å². The summed E-state index contributed by atoms with van der Waals surface area (Å²) in [5.74, 6) is 3.05. The van der Waals surface area contributed by atoms with Crippen LogP contribution >= 0.6 is 31.9 Å². The van der Waals surface area contributed by atoms with E-state index in [-0.39, 0.29) is 0 Å². The first-order valence-electron chi connectivity index (χ1n) is 7.11. The molecule has 2 heteroatoms. The van der Waals surface area contributed by atoms with Gasteiger partial charge in [-0.05, 0) is 105 Å². The van der Waals surface area contributed by atoms with E-state index < -0.39 is 0 Å². The quantitative estimate of drug-likeness (QED) is 0.597. The fraction of sp³-hybridized carbons (Fsp3) is 0.625. The van der Waals surface area contributed by atoms with E-state index in [9.17, 15) is 0 Å². The third-order valence-corrected chi connectivity index (χ3v) is 7.61. The van der Waals surface area contributed by atoms with Crippen LogP contribution in [0.2, 0.25) is 0 Å². The molecule has 4 aliphatic carbocycles. The number of benzene rings is 1. The average Bonchev–Trinajstić information content (AvgIpc) is 2.30. The summed E-state index contributed by atoms with van der Waals surface area (Å²) in [6.07, 6.45) is 8.87. The van der Waals surface area contributed by atoms with Crippen molar-refractivity contribution in [2.24, 2.45) is 17.8 Å². The van der Waals surface area contributed by atoms with Crippen LogP contribution in [0.15, 0.2) is 27.1 Å². The monoisotopic (exact) mass is 368 g/mol. The van der Waals surface area contributed by atoms with Crippen molar-refractivity contribution in [1.82, 2.24) is 0 Å². The molecule has 18 heavy (non-hydrogen) atoms. The van der Waals surface area contributed by atoms with Crippen LogP contribution in [0.25, 0.3) is 0 Å². The zero-order valence-corrected chi connectivity index (χ0v) is 13.6. The summed E-state index contributed by atoms with van der Waals surface area (Å²) in [6.45, 7) is 0. The van der Waals surface area contributed by atoms with Gasteiger partial charge in [-0.1, -0.05) is 12.1 Å². The van der Waals surface area contributed by atoms with Gasteiger partial charge in [0.15, 0.2) is 0 Å². The minimum absolute atomic E-state index is 0.497. The van der Waals surface area contributed by atoms with E-state index in [2.05, 4.69) is 50.1 Å². The molecule has 0 spiro atoms. The molecule has 0 saturated heterocycles. The summed E-state index contributed by atoms with van der Waals surface area (Å²) < 4.78 is 2.53. The third-order valence-electron chi connectivity index (χ3n) is 5.56. The van der Waals surface area contributed by atoms with E-state index in [1.54, 1.807) is 5.56 Å². The minimum atomic E-state index is 0.497. The van der Waals surface area contributed by atoms with Gasteiger partial charge in [-0.2, -0.15) is 0 Å². The molecule has 0 nitrogen and oxygen atoms in total. The van der Waals surface area contributed by atoms with Gasteiger partial charge in [0.1, 0.15) is 0 Å². The van der Waals surface area contributed by atoms with Gasteiger partial charge in [0.05, 0.1) is 0 Å². The molecule has 4 bridgehead atoms. The molecule has 1 aromatic rings. The Kier molecular flexibility index (Phi) is 2.71.